The number of guanidine groups is 1. The van der Waals surface area contributed by atoms with E-state index in [1.165, 1.54) is 0 Å². The molecule has 0 saturated carbocycles. The van der Waals surface area contributed by atoms with Crippen LogP contribution in [0.4, 0.5) is 0 Å². The topological polar surface area (TPSA) is 48.8 Å². The molecular weight excluding hydrogens is 295 g/mol. The summed E-state index contributed by atoms with van der Waals surface area (Å²) in [7, 11) is 0. The predicted octanol–water partition coefficient (Wildman–Crippen LogP) is 2.69. The zero-order valence-corrected chi connectivity index (χ0v) is 11.8. The number of halogens is 3. The van der Waals surface area contributed by atoms with Gasteiger partial charge in [-0.25, -0.2) is 5.43 Å². The molecule has 2 N–H and O–H groups in total. The summed E-state index contributed by atoms with van der Waals surface area (Å²) >= 11 is 12.0. The van der Waals surface area contributed by atoms with Gasteiger partial charge in [0.15, 0.2) is 0 Å². The van der Waals surface area contributed by atoms with Crippen LogP contribution in [0.25, 0.3) is 0 Å². The molecule has 0 radical (unpaired) electrons. The van der Waals surface area contributed by atoms with Gasteiger partial charge >= 0.3 is 0 Å². The third kappa shape index (κ3) is 4.05. The number of nitrogens with one attached hydrogen (secondary N) is 2. The lowest BCUT2D eigenvalue weighted by atomic mass is 10.2. The summed E-state index contributed by atoms with van der Waals surface area (Å²) in [6, 6.07) is 5.33. The maximum Gasteiger partial charge on any atom is 0.212 e. The fraction of sp³-hybridized carbons (Fsp3) is 0.273. The van der Waals surface area contributed by atoms with Crippen molar-refractivity contribution < 1.29 is 0 Å². The Morgan fingerprint density at radius 2 is 2.06 bits per heavy atom. The summed E-state index contributed by atoms with van der Waals surface area (Å²) in [5.74, 6) is 0.677. The van der Waals surface area contributed by atoms with Crippen LogP contribution in [0.5, 0.6) is 0 Å². The molecule has 18 heavy (non-hydrogen) atoms. The number of rotatable bonds is 2. The Morgan fingerprint density at radius 3 is 2.67 bits per heavy atom. The molecule has 1 aliphatic heterocycles. The minimum atomic E-state index is 0. The maximum absolute atomic E-state index is 6.00. The maximum atomic E-state index is 6.00. The summed E-state index contributed by atoms with van der Waals surface area (Å²) in [5, 5.41) is 8.29. The third-order valence-corrected chi connectivity index (χ3v) is 2.92. The summed E-state index contributed by atoms with van der Waals surface area (Å²) in [5.41, 5.74) is 3.51. The fourth-order valence-corrected chi connectivity index (χ4v) is 1.89. The monoisotopic (exact) mass is 306 g/mol. The molecule has 0 aliphatic carbocycles. The van der Waals surface area contributed by atoms with Crippen molar-refractivity contribution in [3.8, 4) is 0 Å². The minimum Gasteiger partial charge on any atom is -0.355 e. The molecule has 1 aromatic carbocycles. The van der Waals surface area contributed by atoms with Crippen LogP contribution in [-0.2, 0) is 0 Å². The number of hydrogen-bond donors (Lipinski definition) is 2. The Labute approximate surface area is 122 Å². The van der Waals surface area contributed by atoms with Crippen molar-refractivity contribution in [1.29, 1.82) is 0 Å². The molecule has 98 valence electrons. The Morgan fingerprint density at radius 1 is 1.33 bits per heavy atom. The average molecular weight is 308 g/mol. The second-order valence-electron chi connectivity index (χ2n) is 3.52. The second-order valence-corrected chi connectivity index (χ2v) is 4.33. The SMILES string of the molecule is Cl.Clc1cccc(Cl)c1C=NNC1=NCCCN1. The highest BCUT2D eigenvalue weighted by Crippen LogP contribution is 2.21. The molecule has 2 rings (SSSR count). The smallest absolute Gasteiger partial charge is 0.212 e. The molecule has 0 amide bonds. The van der Waals surface area contributed by atoms with Gasteiger partial charge in [0.1, 0.15) is 0 Å². The van der Waals surface area contributed by atoms with Crippen molar-refractivity contribution in [3.05, 3.63) is 33.8 Å². The van der Waals surface area contributed by atoms with Crippen molar-refractivity contribution in [3.63, 3.8) is 0 Å². The Kier molecular flexibility index (Phi) is 6.25. The summed E-state index contributed by atoms with van der Waals surface area (Å²) in [4.78, 5) is 4.22. The number of hydrogen-bond acceptors (Lipinski definition) is 4. The van der Waals surface area contributed by atoms with Gasteiger partial charge in [0, 0.05) is 18.7 Å². The molecular formula is C11H13Cl3N4. The normalized spacial score (nSPS) is 14.7. The average Bonchev–Trinajstić information content (AvgIpc) is 2.34. The lowest BCUT2D eigenvalue weighted by Gasteiger charge is -2.12. The van der Waals surface area contributed by atoms with Gasteiger partial charge in [0.25, 0.3) is 0 Å². The van der Waals surface area contributed by atoms with Crippen LogP contribution in [0.3, 0.4) is 0 Å². The first-order chi connectivity index (χ1) is 8.27. The summed E-state index contributed by atoms with van der Waals surface area (Å²) < 4.78 is 0. The molecule has 0 atom stereocenters. The van der Waals surface area contributed by atoms with Gasteiger partial charge < -0.3 is 5.32 Å². The molecule has 0 spiro atoms. The highest BCUT2D eigenvalue weighted by atomic mass is 35.5. The first-order valence-corrected chi connectivity index (χ1v) is 6.04. The first kappa shape index (κ1) is 15.1. The van der Waals surface area contributed by atoms with Gasteiger partial charge in [-0.3, -0.25) is 4.99 Å². The zero-order valence-electron chi connectivity index (χ0n) is 9.49. The van der Waals surface area contributed by atoms with Crippen molar-refractivity contribution in [1.82, 2.24) is 10.7 Å². The first-order valence-electron chi connectivity index (χ1n) is 5.29. The molecule has 1 aliphatic rings. The van der Waals surface area contributed by atoms with Gasteiger partial charge in [-0.1, -0.05) is 29.3 Å². The standard InChI is InChI=1S/C11H12Cl2N4.ClH/c12-9-3-1-4-10(13)8(9)7-16-17-11-14-5-2-6-15-11;/h1,3-4,7H,2,5-6H2,(H2,14,15,17);1H. The number of aliphatic imine (C=N–C) groups is 1. The largest absolute Gasteiger partial charge is 0.355 e. The van der Waals surface area contributed by atoms with Crippen molar-refractivity contribution in [2.75, 3.05) is 13.1 Å². The van der Waals surface area contributed by atoms with Crippen molar-refractivity contribution in [2.45, 2.75) is 6.42 Å². The second kappa shape index (κ2) is 7.46. The van der Waals surface area contributed by atoms with E-state index in [0.717, 1.165) is 19.5 Å². The minimum absolute atomic E-state index is 0. The van der Waals surface area contributed by atoms with Gasteiger partial charge in [0.05, 0.1) is 16.3 Å². The summed E-state index contributed by atoms with van der Waals surface area (Å²) in [6.07, 6.45) is 2.63. The number of hydrazone groups is 1. The van der Waals surface area contributed by atoms with Gasteiger partial charge in [0.2, 0.25) is 5.96 Å². The Bertz CT molecular complexity index is 439. The van der Waals surface area contributed by atoms with Crippen molar-refractivity contribution >= 4 is 47.8 Å². The number of nitrogens with zero attached hydrogens (tertiary/aromatic N) is 2. The van der Waals surface area contributed by atoms with E-state index in [-0.39, 0.29) is 12.4 Å². The third-order valence-electron chi connectivity index (χ3n) is 2.26. The quantitative estimate of drug-likeness (QED) is 0.652. The van der Waals surface area contributed by atoms with Crippen LogP contribution in [-0.4, -0.2) is 25.3 Å². The Hall–Kier alpha value is -0.970. The van der Waals surface area contributed by atoms with E-state index in [2.05, 4.69) is 20.8 Å². The van der Waals surface area contributed by atoms with Crippen LogP contribution in [0.15, 0.2) is 28.3 Å². The van der Waals surface area contributed by atoms with Gasteiger partial charge in [-0.15, -0.1) is 12.4 Å². The van der Waals surface area contributed by atoms with E-state index in [1.807, 2.05) is 0 Å². The highest BCUT2D eigenvalue weighted by molar-refractivity contribution is 6.38. The molecule has 4 nitrogen and oxygen atoms in total. The summed E-state index contributed by atoms with van der Waals surface area (Å²) in [6.45, 7) is 1.73. The lowest BCUT2D eigenvalue weighted by molar-refractivity contribution is 0.712. The van der Waals surface area contributed by atoms with Crippen LogP contribution in [0.2, 0.25) is 10.0 Å². The Balaban J connectivity index is 0.00000162. The van der Waals surface area contributed by atoms with E-state index in [1.54, 1.807) is 24.4 Å². The van der Waals surface area contributed by atoms with Crippen LogP contribution in [0.1, 0.15) is 12.0 Å². The van der Waals surface area contributed by atoms with E-state index >= 15 is 0 Å². The van der Waals surface area contributed by atoms with E-state index < -0.39 is 0 Å². The molecule has 1 heterocycles. The van der Waals surface area contributed by atoms with E-state index in [0.29, 0.717) is 21.6 Å². The van der Waals surface area contributed by atoms with Gasteiger partial charge in [-0.05, 0) is 18.6 Å². The van der Waals surface area contributed by atoms with E-state index in [9.17, 15) is 0 Å². The highest BCUT2D eigenvalue weighted by Gasteiger charge is 2.03. The molecule has 0 aromatic heterocycles. The van der Waals surface area contributed by atoms with Crippen LogP contribution in [0, 0.1) is 0 Å². The molecule has 0 unspecified atom stereocenters. The lowest BCUT2D eigenvalue weighted by Crippen LogP contribution is -2.38. The zero-order chi connectivity index (χ0) is 12.1. The fourth-order valence-electron chi connectivity index (χ4n) is 1.40. The van der Waals surface area contributed by atoms with Crippen molar-refractivity contribution in [2.24, 2.45) is 10.1 Å². The van der Waals surface area contributed by atoms with Gasteiger partial charge in [-0.2, -0.15) is 5.10 Å². The molecule has 1 aromatic rings. The van der Waals surface area contributed by atoms with E-state index in [4.69, 9.17) is 23.2 Å². The predicted molar refractivity (Wildman–Crippen MR) is 79.4 cm³/mol. The molecule has 0 bridgehead atoms. The molecule has 0 fully saturated rings. The molecule has 0 saturated heterocycles. The number of benzene rings is 1. The van der Waals surface area contributed by atoms with Crippen LogP contribution < -0.4 is 10.7 Å². The molecule has 7 heteroatoms. The van der Waals surface area contributed by atoms with Crippen LogP contribution >= 0.6 is 35.6 Å².